The van der Waals surface area contributed by atoms with Gasteiger partial charge in [0.25, 0.3) is 11.8 Å². The molecule has 2 aromatic carbocycles. The molecule has 3 rings (SSSR count). The summed E-state index contributed by atoms with van der Waals surface area (Å²) in [4.78, 5) is 41.4. The van der Waals surface area contributed by atoms with Crippen LogP contribution in [-0.2, 0) is 28.7 Å². The molecule has 0 saturated heterocycles. The Morgan fingerprint density at radius 1 is 0.878 bits per heavy atom. The lowest BCUT2D eigenvalue weighted by atomic mass is 10.1. The van der Waals surface area contributed by atoms with Gasteiger partial charge in [-0.2, -0.15) is 18.2 Å². The van der Waals surface area contributed by atoms with E-state index in [-0.39, 0.29) is 16.4 Å². The van der Waals surface area contributed by atoms with E-state index >= 15 is 0 Å². The number of alkyl halides is 3. The highest BCUT2D eigenvalue weighted by atomic mass is 19.4. The molecule has 0 bridgehead atoms. The van der Waals surface area contributed by atoms with Crippen molar-refractivity contribution in [3.8, 4) is 11.5 Å². The molecule has 41 heavy (non-hydrogen) atoms. The SMILES string of the molecule is CCCCCCCCCCCc1noc(-c2ccc(C(=O)N(Cc3ccccc3C(F)(F)F)C(=O)C(=O)O)cc2)n1. The number of amides is 2. The van der Waals surface area contributed by atoms with Crippen LogP contribution in [0, 0.1) is 0 Å². The van der Waals surface area contributed by atoms with Gasteiger partial charge in [-0.3, -0.25) is 14.5 Å². The van der Waals surface area contributed by atoms with E-state index in [4.69, 9.17) is 4.52 Å². The maximum absolute atomic E-state index is 13.4. The Labute approximate surface area is 236 Å². The lowest BCUT2D eigenvalue weighted by molar-refractivity contribution is -0.154. The van der Waals surface area contributed by atoms with E-state index in [2.05, 4.69) is 17.1 Å². The molecule has 1 heterocycles. The number of carboxylic acids is 1. The first kappa shape index (κ1) is 31.5. The van der Waals surface area contributed by atoms with Gasteiger partial charge in [-0.25, -0.2) is 4.79 Å². The zero-order chi connectivity index (χ0) is 29.8. The minimum absolute atomic E-state index is 0.0951. The molecule has 0 atom stereocenters. The lowest BCUT2D eigenvalue weighted by Crippen LogP contribution is -2.41. The van der Waals surface area contributed by atoms with Crippen LogP contribution in [0.5, 0.6) is 0 Å². The fourth-order valence-electron chi connectivity index (χ4n) is 4.43. The van der Waals surface area contributed by atoms with E-state index in [1.54, 1.807) is 0 Å². The molecular formula is C30H34F3N3O5. The summed E-state index contributed by atoms with van der Waals surface area (Å²) < 4.78 is 45.6. The molecule has 0 saturated carbocycles. The van der Waals surface area contributed by atoms with Crippen LogP contribution < -0.4 is 0 Å². The molecule has 2 amide bonds. The summed E-state index contributed by atoms with van der Waals surface area (Å²) >= 11 is 0. The summed E-state index contributed by atoms with van der Waals surface area (Å²) in [7, 11) is 0. The maximum Gasteiger partial charge on any atom is 0.416 e. The monoisotopic (exact) mass is 573 g/mol. The predicted molar refractivity (Wildman–Crippen MR) is 145 cm³/mol. The number of hydrogen-bond donors (Lipinski definition) is 1. The Morgan fingerprint density at radius 2 is 1.49 bits per heavy atom. The summed E-state index contributed by atoms with van der Waals surface area (Å²) in [6.45, 7) is 1.34. The van der Waals surface area contributed by atoms with Gasteiger partial charge in [0.2, 0.25) is 0 Å². The average Bonchev–Trinajstić information content (AvgIpc) is 3.43. The minimum atomic E-state index is -4.75. The molecule has 220 valence electrons. The molecular weight excluding hydrogens is 539 g/mol. The first-order valence-electron chi connectivity index (χ1n) is 13.8. The number of aromatic nitrogens is 2. The van der Waals surface area contributed by atoms with Crippen LogP contribution in [0.3, 0.4) is 0 Å². The Morgan fingerprint density at radius 3 is 2.10 bits per heavy atom. The van der Waals surface area contributed by atoms with Crippen molar-refractivity contribution >= 4 is 17.8 Å². The number of halogens is 3. The highest BCUT2D eigenvalue weighted by Crippen LogP contribution is 2.32. The third-order valence-electron chi connectivity index (χ3n) is 6.68. The lowest BCUT2D eigenvalue weighted by Gasteiger charge is -2.21. The molecule has 1 aromatic heterocycles. The molecule has 0 radical (unpaired) electrons. The Bertz CT molecular complexity index is 1310. The number of carbonyl (C=O) groups is 3. The van der Waals surface area contributed by atoms with E-state index in [1.807, 2.05) is 0 Å². The van der Waals surface area contributed by atoms with Gasteiger partial charge >= 0.3 is 18.1 Å². The van der Waals surface area contributed by atoms with Crippen LogP contribution in [0.2, 0.25) is 0 Å². The number of rotatable bonds is 14. The van der Waals surface area contributed by atoms with Crippen LogP contribution in [0.1, 0.15) is 92.0 Å². The Balaban J connectivity index is 1.62. The first-order chi connectivity index (χ1) is 19.6. The number of imide groups is 1. The molecule has 0 fully saturated rings. The maximum atomic E-state index is 13.4. The quantitative estimate of drug-likeness (QED) is 0.162. The van der Waals surface area contributed by atoms with Gasteiger partial charge in [0.15, 0.2) is 5.82 Å². The summed E-state index contributed by atoms with van der Waals surface area (Å²) in [5.41, 5.74) is -1.08. The number of carbonyl (C=O) groups excluding carboxylic acids is 2. The zero-order valence-corrected chi connectivity index (χ0v) is 23.0. The van der Waals surface area contributed by atoms with Crippen LogP contribution >= 0.6 is 0 Å². The van der Waals surface area contributed by atoms with E-state index < -0.39 is 41.6 Å². The number of hydrogen-bond acceptors (Lipinski definition) is 6. The van der Waals surface area contributed by atoms with Gasteiger partial charge in [-0.1, -0.05) is 81.6 Å². The van der Waals surface area contributed by atoms with Gasteiger partial charge in [-0.05, 0) is 42.3 Å². The van der Waals surface area contributed by atoms with Gasteiger partial charge in [0.05, 0.1) is 12.1 Å². The normalized spacial score (nSPS) is 11.4. The minimum Gasteiger partial charge on any atom is -0.474 e. The largest absolute Gasteiger partial charge is 0.474 e. The van der Waals surface area contributed by atoms with Crippen molar-refractivity contribution in [2.75, 3.05) is 0 Å². The van der Waals surface area contributed by atoms with Gasteiger partial charge < -0.3 is 9.63 Å². The molecule has 11 heteroatoms. The van der Waals surface area contributed by atoms with Gasteiger partial charge in [0.1, 0.15) is 0 Å². The summed E-state index contributed by atoms with van der Waals surface area (Å²) in [5.74, 6) is -3.88. The molecule has 0 unspecified atom stereocenters. The van der Waals surface area contributed by atoms with Crippen molar-refractivity contribution in [3.63, 3.8) is 0 Å². The fourth-order valence-corrected chi connectivity index (χ4v) is 4.43. The third-order valence-corrected chi connectivity index (χ3v) is 6.68. The van der Waals surface area contributed by atoms with Crippen molar-refractivity contribution in [1.29, 1.82) is 0 Å². The average molecular weight is 574 g/mol. The summed E-state index contributed by atoms with van der Waals surface area (Å²) in [5, 5.41) is 13.2. The second-order valence-electron chi connectivity index (χ2n) is 9.83. The van der Waals surface area contributed by atoms with Crippen LogP contribution in [0.15, 0.2) is 53.1 Å². The number of nitrogens with zero attached hydrogens (tertiary/aromatic N) is 3. The predicted octanol–water partition coefficient (Wildman–Crippen LogP) is 7.08. The molecule has 1 N–H and O–H groups in total. The van der Waals surface area contributed by atoms with Crippen LogP contribution in [0.4, 0.5) is 13.2 Å². The fraction of sp³-hybridized carbons (Fsp3) is 0.433. The molecule has 8 nitrogen and oxygen atoms in total. The Kier molecular flexibility index (Phi) is 11.6. The van der Waals surface area contributed by atoms with Gasteiger partial charge in [-0.15, -0.1) is 0 Å². The third kappa shape index (κ3) is 9.26. The van der Waals surface area contributed by atoms with E-state index in [0.29, 0.717) is 17.8 Å². The van der Waals surface area contributed by atoms with E-state index in [9.17, 15) is 32.7 Å². The smallest absolute Gasteiger partial charge is 0.416 e. The van der Waals surface area contributed by atoms with E-state index in [1.165, 1.54) is 68.9 Å². The molecule has 0 aliphatic carbocycles. The van der Waals surface area contributed by atoms with Crippen molar-refractivity contribution < 1.29 is 37.2 Å². The van der Waals surface area contributed by atoms with Crippen molar-refractivity contribution in [1.82, 2.24) is 15.0 Å². The highest BCUT2D eigenvalue weighted by molar-refractivity contribution is 6.35. The number of unbranched alkanes of at least 4 members (excludes halogenated alkanes) is 8. The molecule has 0 aliphatic heterocycles. The van der Waals surface area contributed by atoms with Crippen molar-refractivity contribution in [2.24, 2.45) is 0 Å². The van der Waals surface area contributed by atoms with Crippen molar-refractivity contribution in [2.45, 2.75) is 83.9 Å². The number of carboxylic acid groups (broad SMARTS) is 1. The topological polar surface area (TPSA) is 114 Å². The van der Waals surface area contributed by atoms with E-state index in [0.717, 1.165) is 37.5 Å². The highest BCUT2D eigenvalue weighted by Gasteiger charge is 2.35. The molecule has 0 spiro atoms. The zero-order valence-electron chi connectivity index (χ0n) is 23.0. The molecule has 3 aromatic rings. The second kappa shape index (κ2) is 15.1. The van der Waals surface area contributed by atoms with Crippen LogP contribution in [0.25, 0.3) is 11.5 Å². The van der Waals surface area contributed by atoms with Gasteiger partial charge in [0, 0.05) is 17.5 Å². The second-order valence-corrected chi connectivity index (χ2v) is 9.83. The number of benzene rings is 2. The van der Waals surface area contributed by atoms with Crippen molar-refractivity contribution in [3.05, 3.63) is 71.0 Å². The number of aryl methyl sites for hydroxylation is 1. The first-order valence-corrected chi connectivity index (χ1v) is 13.8. The summed E-state index contributed by atoms with van der Waals surface area (Å²) in [6.07, 6.45) is 6.68. The van der Waals surface area contributed by atoms with Crippen LogP contribution in [-0.4, -0.2) is 37.9 Å². The number of aliphatic carboxylic acids is 1. The Hall–Kier alpha value is -4.02. The summed E-state index contributed by atoms with van der Waals surface area (Å²) in [6, 6.07) is 9.96. The molecule has 0 aliphatic rings. The standard InChI is InChI=1S/C30H34F3N3O5/c1-2-3-4-5-6-7-8-9-10-15-25-34-26(41-35-25)21-16-18-22(19-17-21)27(37)36(28(38)29(39)40)20-23-13-11-12-14-24(23)30(31,32)33/h11-14,16-19H,2-10,15,20H2,1H3,(H,39,40).